The van der Waals surface area contributed by atoms with Crippen LogP contribution in [-0.2, 0) is 12.6 Å². The first-order valence-corrected chi connectivity index (χ1v) is 11.3. The summed E-state index contributed by atoms with van der Waals surface area (Å²) in [4.78, 5) is 12.6. The van der Waals surface area contributed by atoms with E-state index in [0.29, 0.717) is 5.39 Å². The van der Waals surface area contributed by atoms with Crippen molar-refractivity contribution < 1.29 is 9.84 Å². The fourth-order valence-electron chi connectivity index (χ4n) is 4.34. The molecule has 1 aliphatic rings. The van der Waals surface area contributed by atoms with Gasteiger partial charge >= 0.3 is 0 Å². The second-order valence-corrected chi connectivity index (χ2v) is 9.61. The van der Waals surface area contributed by atoms with Crippen LogP contribution in [0, 0.1) is 20.8 Å². The van der Waals surface area contributed by atoms with E-state index >= 15 is 0 Å². The predicted octanol–water partition coefficient (Wildman–Crippen LogP) is 5.97. The van der Waals surface area contributed by atoms with E-state index in [4.69, 9.17) is 4.74 Å². The molecule has 1 fully saturated rings. The van der Waals surface area contributed by atoms with Crippen LogP contribution in [0.3, 0.4) is 0 Å². The summed E-state index contributed by atoms with van der Waals surface area (Å²) in [5.74, 6) is 1.56. The number of benzene rings is 2. The Morgan fingerprint density at radius 1 is 1.03 bits per heavy atom. The van der Waals surface area contributed by atoms with Crippen LogP contribution in [0.5, 0.6) is 11.5 Å². The second kappa shape index (κ2) is 7.08. The van der Waals surface area contributed by atoms with Crippen molar-refractivity contribution in [1.29, 1.82) is 0 Å². The Kier molecular flexibility index (Phi) is 4.57. The van der Waals surface area contributed by atoms with E-state index in [2.05, 4.69) is 32.9 Å². The van der Waals surface area contributed by atoms with Gasteiger partial charge in [-0.15, -0.1) is 11.3 Å². The molecule has 0 unspecified atom stereocenters. The number of fused-ring (bicyclic) bond motifs is 1. The van der Waals surface area contributed by atoms with Gasteiger partial charge in [-0.2, -0.15) is 0 Å². The maximum Gasteiger partial charge on any atom is 0.259 e. The van der Waals surface area contributed by atoms with E-state index < -0.39 is 5.60 Å². The van der Waals surface area contributed by atoms with Gasteiger partial charge in [0.05, 0.1) is 11.0 Å². The molecule has 2 heterocycles. The highest BCUT2D eigenvalue weighted by molar-refractivity contribution is 7.17. The average Bonchev–Trinajstić information content (AvgIpc) is 3.28. The molecule has 2 aromatic heterocycles. The van der Waals surface area contributed by atoms with Crippen molar-refractivity contribution in [2.45, 2.75) is 39.2 Å². The van der Waals surface area contributed by atoms with Crippen LogP contribution in [0.15, 0.2) is 52.8 Å². The van der Waals surface area contributed by atoms with Gasteiger partial charge in [-0.25, -0.2) is 0 Å². The third-order valence-electron chi connectivity index (χ3n) is 6.13. The van der Waals surface area contributed by atoms with Gasteiger partial charge in [0.1, 0.15) is 11.5 Å². The number of aromatic nitrogens is 1. The van der Waals surface area contributed by atoms with Crippen molar-refractivity contribution >= 4 is 21.4 Å². The zero-order valence-corrected chi connectivity index (χ0v) is 19.0. The lowest BCUT2D eigenvalue weighted by Gasteiger charge is -2.19. The second-order valence-electron chi connectivity index (χ2n) is 8.69. The largest absolute Gasteiger partial charge is 0.456 e. The molecule has 5 heteroatoms. The molecular weight excluding hydrogens is 406 g/mol. The van der Waals surface area contributed by atoms with Crippen LogP contribution in [0.2, 0.25) is 0 Å². The highest BCUT2D eigenvalue weighted by Gasteiger charge is 2.42. The van der Waals surface area contributed by atoms with E-state index in [-0.39, 0.29) is 5.56 Å². The van der Waals surface area contributed by atoms with Crippen molar-refractivity contribution in [3.8, 4) is 22.6 Å². The number of thiophene rings is 1. The Hall–Kier alpha value is -2.89. The van der Waals surface area contributed by atoms with E-state index in [9.17, 15) is 9.90 Å². The maximum absolute atomic E-state index is 12.6. The molecule has 1 aliphatic carbocycles. The average molecular weight is 432 g/mol. The third kappa shape index (κ3) is 3.38. The summed E-state index contributed by atoms with van der Waals surface area (Å²) < 4.78 is 9.06. The highest BCUT2D eigenvalue weighted by Crippen LogP contribution is 2.48. The number of ether oxygens (including phenoxy) is 1. The number of nitrogens with zero attached hydrogens (tertiary/aromatic N) is 1. The fourth-order valence-corrected chi connectivity index (χ4v) is 5.25. The van der Waals surface area contributed by atoms with Crippen molar-refractivity contribution in [2.24, 2.45) is 7.05 Å². The monoisotopic (exact) mass is 431 g/mol. The van der Waals surface area contributed by atoms with Gasteiger partial charge in [0.25, 0.3) is 5.56 Å². The van der Waals surface area contributed by atoms with Crippen molar-refractivity contribution in [1.82, 2.24) is 4.57 Å². The molecule has 0 saturated heterocycles. The molecule has 4 nitrogen and oxygen atoms in total. The van der Waals surface area contributed by atoms with Gasteiger partial charge in [-0.05, 0) is 73.9 Å². The molecule has 0 spiro atoms. The Balaban J connectivity index is 1.74. The van der Waals surface area contributed by atoms with Crippen molar-refractivity contribution in [3.63, 3.8) is 0 Å². The molecule has 0 amide bonds. The summed E-state index contributed by atoms with van der Waals surface area (Å²) in [6.07, 6.45) is 3.41. The molecule has 1 N–H and O–H groups in total. The fraction of sp³-hybridized carbons (Fsp3) is 0.269. The molecule has 158 valence electrons. The van der Waals surface area contributed by atoms with Gasteiger partial charge < -0.3 is 14.4 Å². The SMILES string of the molecule is Cc1cc(C)c(Oc2ccc(C3(O)CC3)cc2-c2cn(C)c(=O)c3ccsc23)c(C)c1. The minimum absolute atomic E-state index is 0.00957. The van der Waals surface area contributed by atoms with Crippen LogP contribution in [0.1, 0.15) is 35.1 Å². The topological polar surface area (TPSA) is 51.5 Å². The van der Waals surface area contributed by atoms with Crippen LogP contribution >= 0.6 is 11.3 Å². The van der Waals surface area contributed by atoms with Gasteiger partial charge in [-0.1, -0.05) is 23.8 Å². The summed E-state index contributed by atoms with van der Waals surface area (Å²) in [5.41, 5.74) is 5.32. The first-order chi connectivity index (χ1) is 14.8. The van der Waals surface area contributed by atoms with Crippen LogP contribution in [-0.4, -0.2) is 9.67 Å². The number of hydrogen-bond donors (Lipinski definition) is 1. The summed E-state index contributed by atoms with van der Waals surface area (Å²) in [7, 11) is 1.77. The molecule has 0 aliphatic heterocycles. The first kappa shape index (κ1) is 20.0. The zero-order valence-electron chi connectivity index (χ0n) is 18.2. The molecule has 0 atom stereocenters. The van der Waals surface area contributed by atoms with Crippen LogP contribution in [0.4, 0.5) is 0 Å². The standard InChI is InChI=1S/C26H25NO3S/c1-15-11-16(2)23(17(3)12-15)30-22-6-5-18(26(29)8-9-26)13-20(22)21-14-27(4)25(28)19-7-10-31-24(19)21/h5-7,10-14,29H,8-9H2,1-4H3. The minimum Gasteiger partial charge on any atom is -0.456 e. The quantitative estimate of drug-likeness (QED) is 0.433. The Morgan fingerprint density at radius 2 is 1.74 bits per heavy atom. The van der Waals surface area contributed by atoms with Gasteiger partial charge in [0.15, 0.2) is 0 Å². The molecule has 0 bridgehead atoms. The predicted molar refractivity (Wildman–Crippen MR) is 126 cm³/mol. The van der Waals surface area contributed by atoms with Gasteiger partial charge in [0.2, 0.25) is 0 Å². The van der Waals surface area contributed by atoms with E-state index in [0.717, 1.165) is 56.9 Å². The zero-order chi connectivity index (χ0) is 21.9. The minimum atomic E-state index is -0.752. The smallest absolute Gasteiger partial charge is 0.259 e. The van der Waals surface area contributed by atoms with E-state index in [1.807, 2.05) is 35.8 Å². The maximum atomic E-state index is 12.6. The number of aliphatic hydroxyl groups is 1. The van der Waals surface area contributed by atoms with Crippen molar-refractivity contribution in [3.05, 3.63) is 80.6 Å². The summed E-state index contributed by atoms with van der Waals surface area (Å²) >= 11 is 1.55. The van der Waals surface area contributed by atoms with Crippen LogP contribution < -0.4 is 10.3 Å². The van der Waals surface area contributed by atoms with E-state index in [1.165, 1.54) is 5.56 Å². The van der Waals surface area contributed by atoms with Gasteiger partial charge in [0, 0.05) is 29.1 Å². The molecule has 1 saturated carbocycles. The molecule has 5 rings (SSSR count). The molecule has 4 aromatic rings. The summed E-state index contributed by atoms with van der Waals surface area (Å²) in [6.45, 7) is 6.19. The van der Waals surface area contributed by atoms with Gasteiger partial charge in [-0.3, -0.25) is 4.79 Å². The molecule has 2 aromatic carbocycles. The molecule has 31 heavy (non-hydrogen) atoms. The number of aryl methyl sites for hydroxylation is 4. The summed E-state index contributed by atoms with van der Waals surface area (Å²) in [5, 5.41) is 13.4. The molecular formula is C26H25NO3S. The number of rotatable bonds is 4. The first-order valence-electron chi connectivity index (χ1n) is 10.5. The normalized spacial score (nSPS) is 14.7. The lowest BCUT2D eigenvalue weighted by molar-refractivity contribution is 0.151. The molecule has 0 radical (unpaired) electrons. The summed E-state index contributed by atoms with van der Waals surface area (Å²) in [6, 6.07) is 12.0. The Bertz CT molecular complexity index is 1370. The van der Waals surface area contributed by atoms with Crippen molar-refractivity contribution in [2.75, 3.05) is 0 Å². The van der Waals surface area contributed by atoms with Crippen LogP contribution in [0.25, 0.3) is 21.2 Å². The Morgan fingerprint density at radius 3 is 2.42 bits per heavy atom. The third-order valence-corrected chi connectivity index (χ3v) is 7.08. The lowest BCUT2D eigenvalue weighted by Crippen LogP contribution is -2.15. The Labute approximate surface area is 185 Å². The number of hydrogen-bond acceptors (Lipinski definition) is 4. The van der Waals surface area contributed by atoms with E-state index in [1.54, 1.807) is 23.0 Å². The number of pyridine rings is 1. The highest BCUT2D eigenvalue weighted by atomic mass is 32.1. The lowest BCUT2D eigenvalue weighted by atomic mass is 9.98.